The Labute approximate surface area is 103 Å². The monoisotopic (exact) mass is 255 g/mol. The first-order chi connectivity index (χ1) is 8.54. The Kier molecular flexibility index (Phi) is 3.58. The molecule has 7 heteroatoms. The number of nitrogens with zero attached hydrogens (tertiary/aromatic N) is 1. The Balaban J connectivity index is 2.27. The van der Waals surface area contributed by atoms with Gasteiger partial charge in [0.1, 0.15) is 17.8 Å². The zero-order valence-corrected chi connectivity index (χ0v) is 9.51. The normalized spacial score (nSPS) is 31.5. The van der Waals surface area contributed by atoms with Gasteiger partial charge >= 0.3 is 0 Å². The Morgan fingerprint density at radius 1 is 1.44 bits per heavy atom. The summed E-state index contributed by atoms with van der Waals surface area (Å²) in [4.78, 5) is 11.1. The standard InChI is InChI=1S/C11H14N2O5/c12-10(17)6-2-1-3-13(4-6)11-9(16)8(15)7(5-14)18-11/h1-4,7-9,11,14-16H,5H2,(H-,12,17)/p+1/t7-,8-,9+,11+/m1/s1. The summed E-state index contributed by atoms with van der Waals surface area (Å²) in [6.07, 6.45) is -1.08. The van der Waals surface area contributed by atoms with Crippen LogP contribution in [0.3, 0.4) is 0 Å². The van der Waals surface area contributed by atoms with E-state index in [0.29, 0.717) is 0 Å². The first kappa shape index (κ1) is 12.9. The number of nitrogens with two attached hydrogens (primary N) is 1. The van der Waals surface area contributed by atoms with Gasteiger partial charge in [-0.15, -0.1) is 0 Å². The first-order valence-electron chi connectivity index (χ1n) is 5.47. The van der Waals surface area contributed by atoms with Gasteiger partial charge in [0.25, 0.3) is 12.1 Å². The van der Waals surface area contributed by atoms with Crippen LogP contribution in [-0.2, 0) is 4.74 Å². The van der Waals surface area contributed by atoms with Crippen molar-refractivity contribution in [2.75, 3.05) is 6.61 Å². The number of carbonyl (C=O) groups excluding carboxylic acids is 1. The average molecular weight is 255 g/mol. The zero-order valence-electron chi connectivity index (χ0n) is 9.51. The van der Waals surface area contributed by atoms with E-state index in [1.54, 1.807) is 12.3 Å². The highest BCUT2D eigenvalue weighted by atomic mass is 16.6. The third-order valence-corrected chi connectivity index (χ3v) is 2.92. The number of carbonyl (C=O) groups is 1. The Hall–Kier alpha value is -1.54. The number of hydrogen-bond donors (Lipinski definition) is 4. The molecule has 4 atom stereocenters. The van der Waals surface area contributed by atoms with Crippen molar-refractivity contribution < 1.29 is 29.4 Å². The number of hydrogen-bond acceptors (Lipinski definition) is 5. The van der Waals surface area contributed by atoms with E-state index in [2.05, 4.69) is 0 Å². The molecule has 98 valence electrons. The lowest BCUT2D eigenvalue weighted by molar-refractivity contribution is -0.765. The summed E-state index contributed by atoms with van der Waals surface area (Å²) in [6, 6.07) is 3.11. The number of primary amides is 1. The van der Waals surface area contributed by atoms with Gasteiger partial charge in [-0.2, -0.15) is 4.57 Å². The van der Waals surface area contributed by atoms with Crippen molar-refractivity contribution in [2.45, 2.75) is 24.5 Å². The quantitative estimate of drug-likeness (QED) is 0.453. The van der Waals surface area contributed by atoms with Crippen molar-refractivity contribution in [3.63, 3.8) is 0 Å². The van der Waals surface area contributed by atoms with E-state index >= 15 is 0 Å². The highest BCUT2D eigenvalue weighted by Crippen LogP contribution is 2.24. The van der Waals surface area contributed by atoms with E-state index in [1.807, 2.05) is 0 Å². The smallest absolute Gasteiger partial charge is 0.292 e. The molecule has 2 rings (SSSR count). The molecule has 0 bridgehead atoms. The lowest BCUT2D eigenvalue weighted by Crippen LogP contribution is -2.46. The van der Waals surface area contributed by atoms with Crippen LogP contribution < -0.4 is 10.3 Å². The van der Waals surface area contributed by atoms with Crippen LogP contribution in [0.4, 0.5) is 0 Å². The lowest BCUT2D eigenvalue weighted by atomic mass is 10.1. The van der Waals surface area contributed by atoms with E-state index in [9.17, 15) is 15.0 Å². The fourth-order valence-electron chi connectivity index (χ4n) is 1.92. The first-order valence-corrected chi connectivity index (χ1v) is 5.47. The maximum atomic E-state index is 11.1. The summed E-state index contributed by atoms with van der Waals surface area (Å²) >= 11 is 0. The van der Waals surface area contributed by atoms with Gasteiger partial charge in [-0.1, -0.05) is 0 Å². The maximum Gasteiger partial charge on any atom is 0.292 e. The number of aliphatic hydroxyl groups excluding tert-OH is 3. The molecule has 1 amide bonds. The summed E-state index contributed by atoms with van der Waals surface area (Å²) in [5.74, 6) is -0.601. The minimum atomic E-state index is -1.18. The molecule has 0 aromatic carbocycles. The molecule has 1 fully saturated rings. The molecule has 1 saturated heterocycles. The third kappa shape index (κ3) is 2.21. The van der Waals surface area contributed by atoms with Crippen LogP contribution in [0.15, 0.2) is 24.5 Å². The number of aromatic nitrogens is 1. The molecule has 1 aromatic heterocycles. The number of aliphatic hydroxyl groups is 3. The van der Waals surface area contributed by atoms with Crippen molar-refractivity contribution >= 4 is 5.91 Å². The van der Waals surface area contributed by atoms with Crippen LogP contribution in [0.1, 0.15) is 16.6 Å². The predicted octanol–water partition coefficient (Wildman–Crippen LogP) is -2.32. The van der Waals surface area contributed by atoms with Gasteiger partial charge in [0, 0.05) is 6.07 Å². The molecule has 0 saturated carbocycles. The van der Waals surface area contributed by atoms with E-state index < -0.39 is 37.1 Å². The lowest BCUT2D eigenvalue weighted by Gasteiger charge is -2.09. The average Bonchev–Trinajstić information content (AvgIpc) is 2.66. The van der Waals surface area contributed by atoms with Crippen molar-refractivity contribution in [2.24, 2.45) is 5.73 Å². The SMILES string of the molecule is NC(=O)c1ccc[n+]([C@H]2O[C@H](CO)[C@@H](O)[C@@H]2O)c1. The molecule has 0 radical (unpaired) electrons. The minimum Gasteiger partial charge on any atom is -0.394 e. The Bertz CT molecular complexity index is 453. The second kappa shape index (κ2) is 4.99. The maximum absolute atomic E-state index is 11.1. The second-order valence-electron chi connectivity index (χ2n) is 4.13. The number of ether oxygens (including phenoxy) is 1. The molecule has 2 heterocycles. The third-order valence-electron chi connectivity index (χ3n) is 2.92. The Morgan fingerprint density at radius 3 is 2.72 bits per heavy atom. The van der Waals surface area contributed by atoms with E-state index in [4.69, 9.17) is 15.6 Å². The second-order valence-corrected chi connectivity index (χ2v) is 4.13. The minimum absolute atomic E-state index is 0.259. The fraction of sp³-hybridized carbons (Fsp3) is 0.455. The molecule has 0 unspecified atom stereocenters. The van der Waals surface area contributed by atoms with E-state index in [1.165, 1.54) is 16.8 Å². The highest BCUT2D eigenvalue weighted by Gasteiger charge is 2.47. The number of pyridine rings is 1. The molecule has 1 aliphatic rings. The molecule has 7 nitrogen and oxygen atoms in total. The van der Waals surface area contributed by atoms with E-state index in [0.717, 1.165) is 0 Å². The van der Waals surface area contributed by atoms with Crippen LogP contribution in [0, 0.1) is 0 Å². The van der Waals surface area contributed by atoms with Gasteiger partial charge in [-0.05, 0) is 6.07 Å². The van der Waals surface area contributed by atoms with Gasteiger partial charge in [-0.3, -0.25) is 4.79 Å². The molecular formula is C11H15N2O5+. The van der Waals surface area contributed by atoms with Crippen LogP contribution in [0.2, 0.25) is 0 Å². The van der Waals surface area contributed by atoms with E-state index in [-0.39, 0.29) is 5.56 Å². The number of amides is 1. The largest absolute Gasteiger partial charge is 0.394 e. The van der Waals surface area contributed by atoms with Gasteiger partial charge in [-0.25, -0.2) is 0 Å². The predicted molar refractivity (Wildman–Crippen MR) is 58.2 cm³/mol. The van der Waals surface area contributed by atoms with Crippen molar-refractivity contribution in [3.8, 4) is 0 Å². The molecule has 18 heavy (non-hydrogen) atoms. The molecule has 5 N–H and O–H groups in total. The van der Waals surface area contributed by atoms with Crippen LogP contribution in [-0.4, -0.2) is 46.1 Å². The van der Waals surface area contributed by atoms with Crippen LogP contribution >= 0.6 is 0 Å². The van der Waals surface area contributed by atoms with Gasteiger partial charge in [0.05, 0.1) is 6.61 Å². The summed E-state index contributed by atoms with van der Waals surface area (Å²) in [5.41, 5.74) is 5.41. The fourth-order valence-corrected chi connectivity index (χ4v) is 1.92. The molecule has 1 aliphatic heterocycles. The highest BCUT2D eigenvalue weighted by molar-refractivity contribution is 5.92. The summed E-state index contributed by atoms with van der Waals surface area (Å²) in [6.45, 7) is -0.398. The molecule has 0 spiro atoms. The summed E-state index contributed by atoms with van der Waals surface area (Å²) in [5, 5.41) is 28.4. The topological polar surface area (TPSA) is 117 Å². The van der Waals surface area contributed by atoms with Gasteiger partial charge in [0.2, 0.25) is 0 Å². The van der Waals surface area contributed by atoms with Crippen LogP contribution in [0.5, 0.6) is 0 Å². The Morgan fingerprint density at radius 2 is 2.17 bits per heavy atom. The zero-order chi connectivity index (χ0) is 13.3. The van der Waals surface area contributed by atoms with Crippen molar-refractivity contribution in [3.05, 3.63) is 30.1 Å². The van der Waals surface area contributed by atoms with Gasteiger partial charge < -0.3 is 25.8 Å². The van der Waals surface area contributed by atoms with Crippen molar-refractivity contribution in [1.82, 2.24) is 0 Å². The number of rotatable bonds is 3. The summed E-state index contributed by atoms with van der Waals surface area (Å²) < 4.78 is 6.75. The van der Waals surface area contributed by atoms with Crippen molar-refractivity contribution in [1.29, 1.82) is 0 Å². The van der Waals surface area contributed by atoms with Crippen LogP contribution in [0.25, 0.3) is 0 Å². The van der Waals surface area contributed by atoms with Gasteiger partial charge in [0.15, 0.2) is 18.5 Å². The molecular weight excluding hydrogens is 240 g/mol. The molecule has 1 aromatic rings. The molecule has 0 aliphatic carbocycles. The summed E-state index contributed by atoms with van der Waals surface area (Å²) in [7, 11) is 0.